The number of nitrogens with zero attached hydrogens (tertiary/aromatic N) is 3. The molecule has 0 N–H and O–H groups in total. The SMILES string of the molecule is CCOC(=O)C1=C(c2ccccc2)N=c2s/c(=C/c3cc(C)n(-c4cccc(C(=O)OC)c4C)c3C)c(=O)n2[C@H]1c1cccc(OC)c1. The Morgan fingerprint density at radius 1 is 0.938 bits per heavy atom. The molecule has 3 aromatic carbocycles. The number of ether oxygens (including phenoxy) is 3. The van der Waals surface area contributed by atoms with E-state index in [0.29, 0.717) is 31.9 Å². The predicted octanol–water partition coefficient (Wildman–Crippen LogP) is 5.45. The van der Waals surface area contributed by atoms with Crippen molar-refractivity contribution in [1.82, 2.24) is 9.13 Å². The molecule has 0 aliphatic carbocycles. The molecule has 48 heavy (non-hydrogen) atoms. The quantitative estimate of drug-likeness (QED) is 0.205. The van der Waals surface area contributed by atoms with E-state index in [2.05, 4.69) is 4.57 Å². The van der Waals surface area contributed by atoms with Crippen molar-refractivity contribution in [1.29, 1.82) is 0 Å². The van der Waals surface area contributed by atoms with Gasteiger partial charge in [-0.3, -0.25) is 9.36 Å². The van der Waals surface area contributed by atoms with Crippen molar-refractivity contribution in [2.24, 2.45) is 4.99 Å². The first-order chi connectivity index (χ1) is 23.2. The van der Waals surface area contributed by atoms with E-state index in [-0.39, 0.29) is 17.7 Å². The normalized spacial score (nSPS) is 14.4. The van der Waals surface area contributed by atoms with E-state index < -0.39 is 18.0 Å². The third kappa shape index (κ3) is 5.68. The molecule has 0 unspecified atom stereocenters. The van der Waals surface area contributed by atoms with Crippen LogP contribution in [0.25, 0.3) is 17.5 Å². The van der Waals surface area contributed by atoms with Gasteiger partial charge in [0.25, 0.3) is 5.56 Å². The van der Waals surface area contributed by atoms with E-state index in [1.165, 1.54) is 18.4 Å². The van der Waals surface area contributed by atoms with Crippen molar-refractivity contribution in [3.8, 4) is 11.4 Å². The van der Waals surface area contributed by atoms with Gasteiger partial charge in [0.15, 0.2) is 4.80 Å². The summed E-state index contributed by atoms with van der Waals surface area (Å²) in [6.45, 7) is 7.77. The molecular formula is C38H35N3O6S. The Morgan fingerprint density at radius 3 is 2.40 bits per heavy atom. The summed E-state index contributed by atoms with van der Waals surface area (Å²) >= 11 is 1.26. The van der Waals surface area contributed by atoms with Crippen molar-refractivity contribution in [3.63, 3.8) is 0 Å². The summed E-state index contributed by atoms with van der Waals surface area (Å²) < 4.78 is 20.2. The zero-order chi connectivity index (χ0) is 34.1. The second kappa shape index (κ2) is 13.3. The van der Waals surface area contributed by atoms with Crippen LogP contribution < -0.4 is 19.6 Å². The number of benzene rings is 3. The Kier molecular flexibility index (Phi) is 9.01. The fourth-order valence-corrected chi connectivity index (χ4v) is 7.20. The number of fused-ring (bicyclic) bond motifs is 1. The maximum absolute atomic E-state index is 14.4. The number of hydrogen-bond donors (Lipinski definition) is 0. The van der Waals surface area contributed by atoms with E-state index >= 15 is 0 Å². The van der Waals surface area contributed by atoms with Gasteiger partial charge in [-0.2, -0.15) is 0 Å². The Morgan fingerprint density at radius 2 is 1.69 bits per heavy atom. The third-order valence-corrected chi connectivity index (χ3v) is 9.47. The lowest BCUT2D eigenvalue weighted by atomic mass is 9.93. The van der Waals surface area contributed by atoms with E-state index in [1.54, 1.807) is 24.7 Å². The Balaban J connectivity index is 1.59. The highest BCUT2D eigenvalue weighted by molar-refractivity contribution is 7.07. The highest BCUT2D eigenvalue weighted by atomic mass is 32.1. The van der Waals surface area contributed by atoms with Gasteiger partial charge in [-0.25, -0.2) is 14.6 Å². The molecule has 1 aliphatic rings. The molecule has 1 aliphatic heterocycles. The number of esters is 2. The minimum absolute atomic E-state index is 0.164. The summed E-state index contributed by atoms with van der Waals surface area (Å²) in [7, 11) is 2.94. The Labute approximate surface area is 281 Å². The lowest BCUT2D eigenvalue weighted by molar-refractivity contribution is -0.138. The maximum Gasteiger partial charge on any atom is 0.338 e. The zero-order valence-corrected chi connectivity index (χ0v) is 28.4. The molecule has 9 nitrogen and oxygen atoms in total. The van der Waals surface area contributed by atoms with Crippen LogP contribution in [0.2, 0.25) is 0 Å². The molecule has 0 saturated carbocycles. The molecule has 10 heteroatoms. The van der Waals surface area contributed by atoms with Crippen LogP contribution in [0.5, 0.6) is 5.75 Å². The summed E-state index contributed by atoms with van der Waals surface area (Å²) in [5.41, 5.74) is 6.65. The summed E-state index contributed by atoms with van der Waals surface area (Å²) in [6.07, 6.45) is 1.86. The lowest BCUT2D eigenvalue weighted by Crippen LogP contribution is -2.40. The lowest BCUT2D eigenvalue weighted by Gasteiger charge is -2.26. The van der Waals surface area contributed by atoms with Crippen LogP contribution in [-0.2, 0) is 14.3 Å². The van der Waals surface area contributed by atoms with Crippen LogP contribution in [0.15, 0.2) is 94.2 Å². The number of aryl methyl sites for hydroxylation is 1. The van der Waals surface area contributed by atoms with Crippen LogP contribution in [-0.4, -0.2) is 41.9 Å². The van der Waals surface area contributed by atoms with Crippen LogP contribution >= 0.6 is 11.3 Å². The molecule has 5 aromatic rings. The predicted molar refractivity (Wildman–Crippen MR) is 185 cm³/mol. The molecule has 3 heterocycles. The van der Waals surface area contributed by atoms with Crippen molar-refractivity contribution >= 4 is 35.0 Å². The number of hydrogen-bond acceptors (Lipinski definition) is 8. The molecule has 0 saturated heterocycles. The smallest absolute Gasteiger partial charge is 0.338 e. The van der Waals surface area contributed by atoms with Gasteiger partial charge in [-0.05, 0) is 80.8 Å². The van der Waals surface area contributed by atoms with Crippen LogP contribution in [0, 0.1) is 20.8 Å². The summed E-state index contributed by atoms with van der Waals surface area (Å²) in [6, 6.07) is 23.5. The van der Waals surface area contributed by atoms with Gasteiger partial charge in [0.1, 0.15) is 5.75 Å². The fraction of sp³-hybridized carbons (Fsp3) is 0.211. The number of aromatic nitrogens is 2. The number of methoxy groups -OCH3 is 2. The minimum Gasteiger partial charge on any atom is -0.497 e. The van der Waals surface area contributed by atoms with E-state index in [1.807, 2.05) is 99.6 Å². The molecule has 1 atom stereocenters. The molecule has 0 spiro atoms. The molecule has 0 radical (unpaired) electrons. The van der Waals surface area contributed by atoms with E-state index in [0.717, 1.165) is 33.8 Å². The van der Waals surface area contributed by atoms with Crippen LogP contribution in [0.4, 0.5) is 0 Å². The van der Waals surface area contributed by atoms with Gasteiger partial charge in [0.05, 0.1) is 48.2 Å². The third-order valence-electron chi connectivity index (χ3n) is 8.49. The van der Waals surface area contributed by atoms with Crippen molar-refractivity contribution in [3.05, 3.63) is 143 Å². The molecule has 244 valence electrons. The first-order valence-corrected chi connectivity index (χ1v) is 16.3. The van der Waals surface area contributed by atoms with Gasteiger partial charge >= 0.3 is 11.9 Å². The molecule has 2 aromatic heterocycles. The van der Waals surface area contributed by atoms with Crippen molar-refractivity contribution < 1.29 is 23.8 Å². The van der Waals surface area contributed by atoms with E-state index in [4.69, 9.17) is 19.2 Å². The minimum atomic E-state index is -0.816. The largest absolute Gasteiger partial charge is 0.497 e. The number of carbonyl (C=O) groups is 2. The first kappa shape index (κ1) is 32.5. The summed E-state index contributed by atoms with van der Waals surface area (Å²) in [4.78, 5) is 46.0. The zero-order valence-electron chi connectivity index (χ0n) is 27.6. The standard InChI is InChI=1S/C38H35N3O6S/c1-7-47-37(44)32-33(25-13-9-8-10-14-25)39-38-41(34(32)26-15-11-16-28(20-26)45-5)35(42)31(48-38)21-27-19-22(2)40(24(27)4)30-18-12-17-29(23(30)3)36(43)46-6/h8-21,34H,7H2,1-6H3/b31-21+/t34-/m0/s1. The molecular weight excluding hydrogens is 627 g/mol. The van der Waals surface area contributed by atoms with Crippen molar-refractivity contribution in [2.45, 2.75) is 33.7 Å². The molecule has 0 amide bonds. The second-order valence-electron chi connectivity index (χ2n) is 11.3. The molecule has 6 rings (SSSR count). The van der Waals surface area contributed by atoms with Gasteiger partial charge in [-0.1, -0.05) is 59.9 Å². The topological polar surface area (TPSA) is 101 Å². The number of thiazole rings is 1. The molecule has 0 bridgehead atoms. The van der Waals surface area contributed by atoms with Crippen LogP contribution in [0.1, 0.15) is 57.0 Å². The average molecular weight is 662 g/mol. The number of rotatable bonds is 8. The molecule has 0 fully saturated rings. The van der Waals surface area contributed by atoms with Gasteiger partial charge < -0.3 is 18.8 Å². The highest BCUT2D eigenvalue weighted by Crippen LogP contribution is 2.36. The summed E-state index contributed by atoms with van der Waals surface area (Å²) in [5, 5.41) is 0. The van der Waals surface area contributed by atoms with Crippen LogP contribution in [0.3, 0.4) is 0 Å². The Bertz CT molecular complexity index is 2280. The van der Waals surface area contributed by atoms with E-state index in [9.17, 15) is 14.4 Å². The summed E-state index contributed by atoms with van der Waals surface area (Å²) in [5.74, 6) is -0.355. The Hall–Kier alpha value is -5.48. The average Bonchev–Trinajstić information content (AvgIpc) is 3.56. The van der Waals surface area contributed by atoms with Gasteiger partial charge in [0.2, 0.25) is 0 Å². The first-order valence-electron chi connectivity index (χ1n) is 15.5. The monoisotopic (exact) mass is 661 g/mol. The van der Waals surface area contributed by atoms with Gasteiger partial charge in [0, 0.05) is 22.6 Å². The fourth-order valence-electron chi connectivity index (χ4n) is 6.21. The van der Waals surface area contributed by atoms with Crippen molar-refractivity contribution in [2.75, 3.05) is 20.8 Å². The maximum atomic E-state index is 14.4. The van der Waals surface area contributed by atoms with Gasteiger partial charge in [-0.15, -0.1) is 0 Å². The highest BCUT2D eigenvalue weighted by Gasteiger charge is 2.35. The number of carbonyl (C=O) groups excluding carboxylic acids is 2. The second-order valence-corrected chi connectivity index (χ2v) is 12.3.